The lowest BCUT2D eigenvalue weighted by atomic mass is 10.1. The SMILES string of the molecule is CS(=O)(=O)Nc1ccc(/C=C\COCCCCCCNCC(O)c2cc(O)cc(O)c2)cc1. The normalized spacial score (nSPS) is 12.8. The van der Waals surface area contributed by atoms with Gasteiger partial charge in [-0.05, 0) is 54.8 Å². The Morgan fingerprint density at radius 2 is 1.67 bits per heavy atom. The average molecular weight is 479 g/mol. The van der Waals surface area contributed by atoms with E-state index in [1.54, 1.807) is 12.1 Å². The van der Waals surface area contributed by atoms with Crippen molar-refractivity contribution in [2.24, 2.45) is 0 Å². The Balaban J connectivity index is 1.47. The quantitative estimate of drug-likeness (QED) is 0.248. The van der Waals surface area contributed by atoms with Crippen LogP contribution >= 0.6 is 0 Å². The molecule has 0 fully saturated rings. The molecule has 0 radical (unpaired) electrons. The van der Waals surface area contributed by atoms with Gasteiger partial charge < -0.3 is 25.4 Å². The van der Waals surface area contributed by atoms with Gasteiger partial charge in [0.15, 0.2) is 0 Å². The van der Waals surface area contributed by atoms with Crippen molar-refractivity contribution in [2.45, 2.75) is 31.8 Å². The lowest BCUT2D eigenvalue weighted by molar-refractivity contribution is 0.157. The zero-order chi connectivity index (χ0) is 24.1. The van der Waals surface area contributed by atoms with Gasteiger partial charge in [0.05, 0.1) is 19.0 Å². The summed E-state index contributed by atoms with van der Waals surface area (Å²) in [6.45, 7) is 2.35. The maximum absolute atomic E-state index is 11.2. The molecular weight excluding hydrogens is 444 g/mol. The largest absolute Gasteiger partial charge is 0.508 e. The number of nitrogens with one attached hydrogen (secondary N) is 2. The van der Waals surface area contributed by atoms with Crippen molar-refractivity contribution in [3.05, 3.63) is 59.7 Å². The summed E-state index contributed by atoms with van der Waals surface area (Å²) >= 11 is 0. The molecule has 0 bridgehead atoms. The molecule has 0 saturated carbocycles. The number of benzene rings is 2. The van der Waals surface area contributed by atoms with Crippen LogP contribution in [-0.2, 0) is 14.8 Å². The van der Waals surface area contributed by atoms with Crippen molar-refractivity contribution in [1.29, 1.82) is 0 Å². The Labute approximate surface area is 196 Å². The zero-order valence-corrected chi connectivity index (χ0v) is 19.7. The summed E-state index contributed by atoms with van der Waals surface area (Å²) < 4.78 is 30.4. The van der Waals surface area contributed by atoms with E-state index in [1.165, 1.54) is 18.2 Å². The molecular formula is C24H34N2O6S. The van der Waals surface area contributed by atoms with E-state index >= 15 is 0 Å². The number of hydrogen-bond acceptors (Lipinski definition) is 7. The van der Waals surface area contributed by atoms with Crippen molar-refractivity contribution < 1.29 is 28.5 Å². The fourth-order valence-electron chi connectivity index (χ4n) is 3.19. The van der Waals surface area contributed by atoms with Crippen LogP contribution in [0.3, 0.4) is 0 Å². The average Bonchev–Trinajstić information content (AvgIpc) is 2.73. The van der Waals surface area contributed by atoms with Crippen molar-refractivity contribution in [2.75, 3.05) is 37.3 Å². The van der Waals surface area contributed by atoms with Crippen LogP contribution in [0.25, 0.3) is 6.08 Å². The van der Waals surface area contributed by atoms with Gasteiger partial charge in [-0.15, -0.1) is 0 Å². The molecule has 0 heterocycles. The summed E-state index contributed by atoms with van der Waals surface area (Å²) in [5, 5.41) is 32.2. The van der Waals surface area contributed by atoms with Crippen molar-refractivity contribution in [3.8, 4) is 11.5 Å². The number of ether oxygens (including phenoxy) is 1. The minimum atomic E-state index is -3.26. The van der Waals surface area contributed by atoms with Gasteiger partial charge in [-0.25, -0.2) is 8.42 Å². The van der Waals surface area contributed by atoms with E-state index in [9.17, 15) is 23.7 Å². The molecule has 5 N–H and O–H groups in total. The van der Waals surface area contributed by atoms with Crippen molar-refractivity contribution in [1.82, 2.24) is 5.32 Å². The molecule has 0 aliphatic rings. The molecule has 2 aromatic rings. The fraction of sp³-hybridized carbons (Fsp3) is 0.417. The summed E-state index contributed by atoms with van der Waals surface area (Å²) in [6.07, 6.45) is 8.28. The Morgan fingerprint density at radius 1 is 1.00 bits per heavy atom. The van der Waals surface area contributed by atoms with E-state index in [0.29, 0.717) is 31.0 Å². The van der Waals surface area contributed by atoms with Crippen LogP contribution in [0, 0.1) is 0 Å². The first-order valence-electron chi connectivity index (χ1n) is 11.0. The monoisotopic (exact) mass is 478 g/mol. The molecule has 0 aliphatic carbocycles. The number of aliphatic hydroxyl groups is 1. The smallest absolute Gasteiger partial charge is 0.229 e. The number of phenolic OH excluding ortho intramolecular Hbond substituents is 2. The van der Waals surface area contributed by atoms with E-state index in [2.05, 4.69) is 10.0 Å². The highest BCUT2D eigenvalue weighted by Crippen LogP contribution is 2.24. The molecule has 0 spiro atoms. The van der Waals surface area contributed by atoms with E-state index in [0.717, 1.165) is 44.0 Å². The molecule has 0 aromatic heterocycles. The number of aromatic hydroxyl groups is 2. The fourth-order valence-corrected chi connectivity index (χ4v) is 3.75. The second-order valence-electron chi connectivity index (χ2n) is 7.89. The summed E-state index contributed by atoms with van der Waals surface area (Å²) in [7, 11) is -3.26. The zero-order valence-electron chi connectivity index (χ0n) is 18.9. The lowest BCUT2D eigenvalue weighted by Crippen LogP contribution is -2.22. The second kappa shape index (κ2) is 13.8. The number of unbranched alkanes of at least 4 members (excludes halogenated alkanes) is 3. The molecule has 0 aliphatic heterocycles. The number of rotatable bonds is 15. The molecule has 1 unspecified atom stereocenters. The summed E-state index contributed by atoms with van der Waals surface area (Å²) in [5.74, 6) is -0.139. The first-order chi connectivity index (χ1) is 15.7. The number of anilines is 1. The highest BCUT2D eigenvalue weighted by Gasteiger charge is 2.09. The van der Waals surface area contributed by atoms with Crippen LogP contribution in [0.15, 0.2) is 48.5 Å². The molecule has 0 saturated heterocycles. The highest BCUT2D eigenvalue weighted by molar-refractivity contribution is 7.92. The lowest BCUT2D eigenvalue weighted by Gasteiger charge is -2.13. The first kappa shape index (κ1) is 26.7. The molecule has 0 amide bonds. The number of phenols is 2. The second-order valence-corrected chi connectivity index (χ2v) is 9.64. The minimum Gasteiger partial charge on any atom is -0.508 e. The van der Waals surface area contributed by atoms with E-state index in [1.807, 2.05) is 24.3 Å². The van der Waals surface area contributed by atoms with Gasteiger partial charge in [-0.1, -0.05) is 37.1 Å². The van der Waals surface area contributed by atoms with E-state index in [4.69, 9.17) is 4.74 Å². The van der Waals surface area contributed by atoms with Gasteiger partial charge >= 0.3 is 0 Å². The molecule has 9 heteroatoms. The van der Waals surface area contributed by atoms with E-state index < -0.39 is 16.1 Å². The third-order valence-electron chi connectivity index (χ3n) is 4.78. The van der Waals surface area contributed by atoms with Gasteiger partial charge in [0.25, 0.3) is 0 Å². The summed E-state index contributed by atoms with van der Waals surface area (Å²) in [5.41, 5.74) is 1.98. The molecule has 33 heavy (non-hydrogen) atoms. The topological polar surface area (TPSA) is 128 Å². The van der Waals surface area contributed by atoms with Crippen LogP contribution < -0.4 is 10.0 Å². The number of sulfonamides is 1. The third kappa shape index (κ3) is 11.7. The predicted molar refractivity (Wildman–Crippen MR) is 131 cm³/mol. The Kier molecular flexibility index (Phi) is 11.2. The van der Waals surface area contributed by atoms with Gasteiger partial charge in [-0.2, -0.15) is 0 Å². The standard InChI is InChI=1S/C24H34N2O6S/c1-33(30,31)26-21-10-8-19(9-11-21)7-6-14-32-13-5-3-2-4-12-25-18-24(29)20-15-22(27)17-23(28)16-20/h6-11,15-17,24-29H,2-5,12-14,18H2,1H3/b7-6-. The van der Waals surface area contributed by atoms with Gasteiger partial charge in [0.2, 0.25) is 10.0 Å². The molecule has 8 nitrogen and oxygen atoms in total. The Bertz CT molecular complexity index is 957. The van der Waals surface area contributed by atoms with Gasteiger partial charge in [-0.3, -0.25) is 4.72 Å². The van der Waals surface area contributed by atoms with Crippen molar-refractivity contribution in [3.63, 3.8) is 0 Å². The Hall–Kier alpha value is -2.59. The molecule has 1 atom stereocenters. The van der Waals surface area contributed by atoms with E-state index in [-0.39, 0.29) is 11.5 Å². The minimum absolute atomic E-state index is 0.0695. The number of hydrogen-bond donors (Lipinski definition) is 5. The summed E-state index contributed by atoms with van der Waals surface area (Å²) in [4.78, 5) is 0. The van der Waals surface area contributed by atoms with Crippen LogP contribution in [0.5, 0.6) is 11.5 Å². The maximum atomic E-state index is 11.2. The molecule has 2 rings (SSSR count). The van der Waals surface area contributed by atoms with Crippen LogP contribution in [0.1, 0.15) is 42.9 Å². The maximum Gasteiger partial charge on any atom is 0.229 e. The predicted octanol–water partition coefficient (Wildman–Crippen LogP) is 3.38. The van der Waals surface area contributed by atoms with Crippen LogP contribution in [0.4, 0.5) is 5.69 Å². The first-order valence-corrected chi connectivity index (χ1v) is 12.9. The van der Waals surface area contributed by atoms with Crippen LogP contribution in [-0.4, -0.2) is 56.3 Å². The van der Waals surface area contributed by atoms with Crippen LogP contribution in [0.2, 0.25) is 0 Å². The van der Waals surface area contributed by atoms with Gasteiger partial charge in [0.1, 0.15) is 11.5 Å². The number of aliphatic hydroxyl groups excluding tert-OH is 1. The van der Waals surface area contributed by atoms with Crippen molar-refractivity contribution >= 4 is 21.8 Å². The molecule has 2 aromatic carbocycles. The summed E-state index contributed by atoms with van der Waals surface area (Å²) in [6, 6.07) is 11.2. The highest BCUT2D eigenvalue weighted by atomic mass is 32.2. The van der Waals surface area contributed by atoms with Gasteiger partial charge in [0, 0.05) is 24.9 Å². The Morgan fingerprint density at radius 3 is 2.33 bits per heavy atom. The third-order valence-corrected chi connectivity index (χ3v) is 5.38. The molecule has 182 valence electrons.